The van der Waals surface area contributed by atoms with Gasteiger partial charge in [-0.15, -0.1) is 0 Å². The number of nitrogens with two attached hydrogens (primary N) is 1. The van der Waals surface area contributed by atoms with E-state index in [1.807, 2.05) is 33.9 Å². The first-order valence-electron chi connectivity index (χ1n) is 13.3. The highest BCUT2D eigenvalue weighted by molar-refractivity contribution is 7.91. The highest BCUT2D eigenvalue weighted by Gasteiger charge is 2.68. The van der Waals surface area contributed by atoms with Gasteiger partial charge in [-0.25, -0.2) is 8.98 Å². The van der Waals surface area contributed by atoms with E-state index in [4.69, 9.17) is 23.5 Å². The van der Waals surface area contributed by atoms with Gasteiger partial charge >= 0.3 is 5.69 Å². The standard InChI is InChI=1S/C26H45N3O8SSi2/c1-13-17-19(27)26(37-38(17,32)33)18(15-34-39(9,10)24(3,4)5)35-22(20(26)36-40(11,12)25(6,7)8)29-14-16(2)21(30)28-23(29)31/h13-14,18,20,22H,1,15,27H2,2-12H3,(H,28,30,31). The Hall–Kier alpha value is -1.82. The molecule has 1 fully saturated rings. The number of aromatic amines is 1. The minimum Gasteiger partial charge on any atom is -0.414 e. The molecule has 3 N–H and O–H groups in total. The molecule has 0 aromatic carbocycles. The van der Waals surface area contributed by atoms with Crippen LogP contribution in [0.3, 0.4) is 0 Å². The predicted octanol–water partition coefficient (Wildman–Crippen LogP) is 3.61. The second-order valence-electron chi connectivity index (χ2n) is 13.7. The molecule has 1 saturated heterocycles. The number of hydrogen-bond donors (Lipinski definition) is 2. The number of aryl methyl sites for hydroxylation is 1. The summed E-state index contributed by atoms with van der Waals surface area (Å²) in [7, 11) is -9.39. The van der Waals surface area contributed by atoms with E-state index < -0.39 is 62.0 Å². The molecule has 14 heteroatoms. The van der Waals surface area contributed by atoms with Crippen LogP contribution >= 0.6 is 0 Å². The average molecular weight is 616 g/mol. The SMILES string of the molecule is C=CC1=C(N)C2(OS1(=O)=O)C(CO[Si](C)(C)C(C)(C)C)OC(n1cc(C)c(=O)[nH]c1=O)C2O[Si](C)(C)C(C)(C)C. The lowest BCUT2D eigenvalue weighted by Crippen LogP contribution is -2.59. The Kier molecular flexibility index (Phi) is 8.31. The van der Waals surface area contributed by atoms with Crippen LogP contribution in [-0.2, 0) is 27.9 Å². The van der Waals surface area contributed by atoms with Gasteiger partial charge in [-0.2, -0.15) is 8.42 Å². The van der Waals surface area contributed by atoms with E-state index >= 15 is 0 Å². The number of rotatable bonds is 7. The third-order valence-electron chi connectivity index (χ3n) is 8.90. The van der Waals surface area contributed by atoms with Crippen molar-refractivity contribution < 1.29 is 26.2 Å². The third kappa shape index (κ3) is 5.39. The van der Waals surface area contributed by atoms with E-state index in [1.165, 1.54) is 10.8 Å². The Morgan fingerprint density at radius 2 is 1.68 bits per heavy atom. The largest absolute Gasteiger partial charge is 0.414 e. The van der Waals surface area contributed by atoms with Gasteiger partial charge in [0.1, 0.15) is 17.1 Å². The number of ether oxygens (including phenoxy) is 1. The van der Waals surface area contributed by atoms with Crippen LogP contribution in [-0.4, -0.2) is 59.0 Å². The fraction of sp³-hybridized carbons (Fsp3) is 0.692. The van der Waals surface area contributed by atoms with E-state index in [2.05, 4.69) is 45.4 Å². The van der Waals surface area contributed by atoms with Gasteiger partial charge in [-0.3, -0.25) is 14.3 Å². The number of hydrogen-bond acceptors (Lipinski definition) is 9. The molecule has 3 rings (SSSR count). The zero-order valence-corrected chi connectivity index (χ0v) is 28.3. The van der Waals surface area contributed by atoms with Crippen molar-refractivity contribution in [2.45, 2.75) is 109 Å². The fourth-order valence-corrected chi connectivity index (χ4v) is 7.92. The maximum absolute atomic E-state index is 13.3. The van der Waals surface area contributed by atoms with Crippen LogP contribution in [0.4, 0.5) is 0 Å². The van der Waals surface area contributed by atoms with Crippen LogP contribution in [0.1, 0.15) is 53.3 Å². The number of allylic oxidation sites excluding steroid dienone is 1. The average Bonchev–Trinajstić information content (AvgIpc) is 3.17. The topological polar surface area (TPSA) is 152 Å². The van der Waals surface area contributed by atoms with Crippen molar-refractivity contribution >= 4 is 26.8 Å². The summed E-state index contributed by atoms with van der Waals surface area (Å²) in [6.07, 6.45) is -0.943. The summed E-state index contributed by atoms with van der Waals surface area (Å²) in [5.74, 6) is 0. The first kappa shape index (κ1) is 32.7. The first-order valence-corrected chi connectivity index (χ1v) is 20.5. The maximum atomic E-state index is 13.3. The Morgan fingerprint density at radius 3 is 2.15 bits per heavy atom. The van der Waals surface area contributed by atoms with Crippen LogP contribution in [0.5, 0.6) is 0 Å². The van der Waals surface area contributed by atoms with Gasteiger partial charge < -0.3 is 19.3 Å². The summed E-state index contributed by atoms with van der Waals surface area (Å²) >= 11 is 0. The molecule has 40 heavy (non-hydrogen) atoms. The molecule has 226 valence electrons. The smallest absolute Gasteiger partial charge is 0.330 e. The van der Waals surface area contributed by atoms with Crippen molar-refractivity contribution in [2.24, 2.45) is 5.73 Å². The number of H-pyrrole nitrogens is 1. The Morgan fingerprint density at radius 1 is 1.12 bits per heavy atom. The molecule has 1 aromatic rings. The van der Waals surface area contributed by atoms with Gasteiger partial charge in [0.2, 0.25) is 0 Å². The molecule has 3 heterocycles. The lowest BCUT2D eigenvalue weighted by atomic mass is 9.88. The minimum absolute atomic E-state index is 0.0674. The zero-order valence-electron chi connectivity index (χ0n) is 25.5. The van der Waals surface area contributed by atoms with Gasteiger partial charge in [0.05, 0.1) is 12.3 Å². The molecule has 2 aliphatic rings. The zero-order chi connectivity index (χ0) is 30.9. The Bertz CT molecular complexity index is 1430. The molecule has 1 spiro atoms. The van der Waals surface area contributed by atoms with Crippen LogP contribution in [0.15, 0.2) is 39.0 Å². The van der Waals surface area contributed by atoms with Crippen LogP contribution in [0, 0.1) is 6.92 Å². The van der Waals surface area contributed by atoms with E-state index in [1.54, 1.807) is 6.92 Å². The lowest BCUT2D eigenvalue weighted by molar-refractivity contribution is -0.0563. The van der Waals surface area contributed by atoms with Gasteiger partial charge in [0.15, 0.2) is 28.5 Å². The van der Waals surface area contributed by atoms with Crippen LogP contribution < -0.4 is 17.0 Å². The normalized spacial score (nSPS) is 27.5. The molecule has 0 aliphatic carbocycles. The second kappa shape index (κ2) is 10.2. The quantitative estimate of drug-likeness (QED) is 0.346. The van der Waals surface area contributed by atoms with Crippen molar-refractivity contribution in [1.82, 2.24) is 9.55 Å². The molecule has 1 aromatic heterocycles. The van der Waals surface area contributed by atoms with Crippen LogP contribution in [0.2, 0.25) is 36.3 Å². The van der Waals surface area contributed by atoms with Gasteiger partial charge in [-0.05, 0) is 49.3 Å². The molecule has 2 aliphatic heterocycles. The molecule has 0 saturated carbocycles. The highest BCUT2D eigenvalue weighted by Crippen LogP contribution is 2.53. The van der Waals surface area contributed by atoms with E-state index in [9.17, 15) is 18.0 Å². The van der Waals surface area contributed by atoms with E-state index in [-0.39, 0.29) is 32.8 Å². The summed E-state index contributed by atoms with van der Waals surface area (Å²) < 4.78 is 53.6. The summed E-state index contributed by atoms with van der Waals surface area (Å²) in [4.78, 5) is 27.3. The van der Waals surface area contributed by atoms with E-state index in [0.717, 1.165) is 6.08 Å². The van der Waals surface area contributed by atoms with Gasteiger partial charge in [-0.1, -0.05) is 48.1 Å². The fourth-order valence-electron chi connectivity index (χ4n) is 4.26. The summed E-state index contributed by atoms with van der Waals surface area (Å²) in [5, 5.41) is -0.462. The van der Waals surface area contributed by atoms with Crippen molar-refractivity contribution in [2.75, 3.05) is 6.61 Å². The number of nitrogens with one attached hydrogen (secondary N) is 1. The maximum Gasteiger partial charge on any atom is 0.330 e. The summed E-state index contributed by atoms with van der Waals surface area (Å²) in [5.41, 5.74) is 3.66. The van der Waals surface area contributed by atoms with Crippen molar-refractivity contribution in [3.05, 3.63) is 55.9 Å². The summed E-state index contributed by atoms with van der Waals surface area (Å²) in [6.45, 7) is 25.6. The second-order valence-corrected chi connectivity index (χ2v) is 24.8. The summed E-state index contributed by atoms with van der Waals surface area (Å²) in [6, 6.07) is 0. The van der Waals surface area contributed by atoms with Crippen LogP contribution in [0.25, 0.3) is 0 Å². The Balaban J connectivity index is 2.32. The predicted molar refractivity (Wildman–Crippen MR) is 159 cm³/mol. The molecule has 0 radical (unpaired) electrons. The first-order chi connectivity index (χ1) is 17.9. The molecule has 4 unspecified atom stereocenters. The monoisotopic (exact) mass is 615 g/mol. The van der Waals surface area contributed by atoms with E-state index in [0.29, 0.717) is 0 Å². The third-order valence-corrected chi connectivity index (χ3v) is 19.3. The van der Waals surface area contributed by atoms with Crippen molar-refractivity contribution in [1.29, 1.82) is 0 Å². The molecule has 4 atom stereocenters. The molecule has 11 nitrogen and oxygen atoms in total. The molecular weight excluding hydrogens is 571 g/mol. The molecular formula is C26H45N3O8SSi2. The highest BCUT2D eigenvalue weighted by atomic mass is 32.2. The number of nitrogens with zero attached hydrogens (tertiary/aromatic N) is 1. The minimum atomic E-state index is -4.35. The molecule has 0 bridgehead atoms. The van der Waals surface area contributed by atoms with Gasteiger partial charge in [0, 0.05) is 11.8 Å². The number of aromatic nitrogens is 2. The van der Waals surface area contributed by atoms with Crippen molar-refractivity contribution in [3.63, 3.8) is 0 Å². The lowest BCUT2D eigenvalue weighted by Gasteiger charge is -2.43. The van der Waals surface area contributed by atoms with Gasteiger partial charge in [0.25, 0.3) is 15.7 Å². The molecule has 0 amide bonds. The Labute approximate surface area is 239 Å². The van der Waals surface area contributed by atoms with Crippen molar-refractivity contribution in [3.8, 4) is 0 Å².